The van der Waals surface area contributed by atoms with Gasteiger partial charge >= 0.3 is 0 Å². The highest BCUT2D eigenvalue weighted by Gasteiger charge is 2.42. The highest BCUT2D eigenvalue weighted by molar-refractivity contribution is 6.36. The van der Waals surface area contributed by atoms with Gasteiger partial charge in [-0.05, 0) is 61.2 Å². The normalized spacial score (nSPS) is 19.9. The van der Waals surface area contributed by atoms with Crippen LogP contribution in [0.5, 0.6) is 0 Å². The molecule has 4 nitrogen and oxygen atoms in total. The summed E-state index contributed by atoms with van der Waals surface area (Å²) in [5, 5.41) is 5.52. The van der Waals surface area contributed by atoms with Crippen LogP contribution in [0.2, 0.25) is 15.1 Å². The molecular weight excluding hydrogens is 501 g/mol. The van der Waals surface area contributed by atoms with E-state index in [9.17, 15) is 4.79 Å². The number of carbonyl (C=O) groups is 1. The predicted octanol–water partition coefficient (Wildman–Crippen LogP) is 6.92. The van der Waals surface area contributed by atoms with Crippen LogP contribution in [0.4, 0.5) is 5.69 Å². The number of carbonyl (C=O) groups excluding carboxylic acids is 1. The monoisotopic (exact) mass is 527 g/mol. The van der Waals surface area contributed by atoms with Crippen LogP contribution in [0.15, 0.2) is 72.8 Å². The second-order valence-electron chi connectivity index (χ2n) is 9.69. The minimum Gasteiger partial charge on any atom is -0.360 e. The maximum absolute atomic E-state index is 14.0. The topological polar surface area (TPSA) is 35.6 Å². The molecule has 182 valence electrons. The average molecular weight is 529 g/mol. The first-order valence-corrected chi connectivity index (χ1v) is 13.0. The number of benzene rings is 3. The maximum atomic E-state index is 14.0. The average Bonchev–Trinajstić information content (AvgIpc) is 3.60. The summed E-state index contributed by atoms with van der Waals surface area (Å²) in [5.74, 6) is 0.102. The third-order valence-corrected chi connectivity index (χ3v) is 7.83. The number of rotatable bonds is 6. The van der Waals surface area contributed by atoms with Crippen molar-refractivity contribution in [2.45, 2.75) is 37.4 Å². The van der Waals surface area contributed by atoms with E-state index in [0.717, 1.165) is 29.7 Å². The summed E-state index contributed by atoms with van der Waals surface area (Å²) in [6.07, 6.45) is 2.17. The largest absolute Gasteiger partial charge is 0.360 e. The molecule has 1 aliphatic heterocycles. The molecule has 7 heteroatoms. The fourth-order valence-corrected chi connectivity index (χ4v) is 5.39. The number of hydrogen-bond donors (Lipinski definition) is 1. The van der Waals surface area contributed by atoms with Crippen LogP contribution in [-0.2, 0) is 4.79 Å². The first-order valence-electron chi connectivity index (χ1n) is 11.9. The molecule has 1 heterocycles. The van der Waals surface area contributed by atoms with Gasteiger partial charge in [0.25, 0.3) is 0 Å². The van der Waals surface area contributed by atoms with Crippen LogP contribution >= 0.6 is 34.8 Å². The van der Waals surface area contributed by atoms with E-state index in [2.05, 4.69) is 17.1 Å². The van der Waals surface area contributed by atoms with Gasteiger partial charge in [-0.3, -0.25) is 10.1 Å². The van der Waals surface area contributed by atoms with Crippen LogP contribution in [0.3, 0.4) is 0 Å². The van der Waals surface area contributed by atoms with Gasteiger partial charge in [-0.15, -0.1) is 0 Å². The Morgan fingerprint density at radius 1 is 0.943 bits per heavy atom. The highest BCUT2D eigenvalue weighted by Crippen LogP contribution is 2.39. The highest BCUT2D eigenvalue weighted by atomic mass is 35.5. The van der Waals surface area contributed by atoms with Crippen molar-refractivity contribution in [3.8, 4) is 0 Å². The lowest BCUT2D eigenvalue weighted by atomic mass is 9.99. The summed E-state index contributed by atoms with van der Waals surface area (Å²) in [6, 6.07) is 23.0. The van der Waals surface area contributed by atoms with Gasteiger partial charge in [0.05, 0.1) is 16.8 Å². The number of hydrogen-bond acceptors (Lipinski definition) is 3. The molecule has 3 aromatic rings. The molecule has 2 fully saturated rings. The molecule has 0 radical (unpaired) electrons. The first-order chi connectivity index (χ1) is 16.8. The van der Waals surface area contributed by atoms with Crippen molar-refractivity contribution >= 4 is 46.4 Å². The van der Waals surface area contributed by atoms with Gasteiger partial charge in [0.2, 0.25) is 5.91 Å². The van der Waals surface area contributed by atoms with Crippen molar-refractivity contribution in [3.63, 3.8) is 0 Å². The van der Waals surface area contributed by atoms with E-state index >= 15 is 0 Å². The van der Waals surface area contributed by atoms with Crippen molar-refractivity contribution in [2.24, 2.45) is 0 Å². The first kappa shape index (κ1) is 24.5. The van der Waals surface area contributed by atoms with E-state index in [0.29, 0.717) is 34.7 Å². The molecule has 1 saturated heterocycles. The van der Waals surface area contributed by atoms with E-state index in [1.807, 2.05) is 71.6 Å². The maximum Gasteiger partial charge on any atom is 0.244 e. The summed E-state index contributed by atoms with van der Waals surface area (Å²) < 4.78 is 0. The van der Waals surface area contributed by atoms with Gasteiger partial charge < -0.3 is 9.80 Å². The van der Waals surface area contributed by atoms with Crippen molar-refractivity contribution in [3.05, 3.63) is 99.0 Å². The van der Waals surface area contributed by atoms with Crippen molar-refractivity contribution < 1.29 is 4.79 Å². The molecule has 5 rings (SSSR count). The van der Waals surface area contributed by atoms with Gasteiger partial charge in [-0.2, -0.15) is 0 Å². The van der Waals surface area contributed by atoms with E-state index in [-0.39, 0.29) is 23.5 Å². The summed E-state index contributed by atoms with van der Waals surface area (Å²) in [6.45, 7) is 3.98. The standard InChI is InChI=1S/C28H28Cl3N3O/c1-28(13-14-28)32-26(20-5-3-2-4-6-20)27(35)33-15-16-34(24-12-11-22(30)17-23(24)31)25(18-33)19-7-9-21(29)10-8-19/h2-12,17,25-26,32H,13-16,18H2,1H3. The molecule has 2 unspecified atom stereocenters. The van der Waals surface area contributed by atoms with Gasteiger partial charge in [0.1, 0.15) is 6.04 Å². The van der Waals surface area contributed by atoms with Crippen LogP contribution < -0.4 is 10.2 Å². The SMILES string of the molecule is CC1(NC(C(=O)N2CCN(c3ccc(Cl)cc3Cl)C(c3ccc(Cl)cc3)C2)c2ccccc2)CC1. The third kappa shape index (κ3) is 5.46. The number of nitrogens with one attached hydrogen (secondary N) is 1. The number of anilines is 1. The van der Waals surface area contributed by atoms with Crippen LogP contribution in [0, 0.1) is 0 Å². The Hall–Kier alpha value is -2.24. The van der Waals surface area contributed by atoms with Crippen molar-refractivity contribution in [2.75, 3.05) is 24.5 Å². The molecule has 1 N–H and O–H groups in total. The zero-order valence-corrected chi connectivity index (χ0v) is 21.8. The smallest absolute Gasteiger partial charge is 0.244 e. The second kappa shape index (κ2) is 10.0. The van der Waals surface area contributed by atoms with E-state index in [1.54, 1.807) is 6.07 Å². The molecular formula is C28H28Cl3N3O. The van der Waals surface area contributed by atoms with Gasteiger partial charge in [0.15, 0.2) is 0 Å². The zero-order chi connectivity index (χ0) is 24.6. The molecule has 0 aromatic heterocycles. The summed E-state index contributed by atoms with van der Waals surface area (Å²) in [4.78, 5) is 18.2. The lowest BCUT2D eigenvalue weighted by molar-refractivity contribution is -0.134. The Balaban J connectivity index is 1.46. The molecule has 1 amide bonds. The number of piperazine rings is 1. The molecule has 1 aliphatic carbocycles. The van der Waals surface area contributed by atoms with Crippen LogP contribution in [0.25, 0.3) is 0 Å². The Bertz CT molecular complexity index is 1200. The number of halogens is 3. The minimum atomic E-state index is -0.375. The van der Waals surface area contributed by atoms with Crippen LogP contribution in [0.1, 0.15) is 43.0 Å². The Morgan fingerprint density at radius 2 is 1.63 bits per heavy atom. The predicted molar refractivity (Wildman–Crippen MR) is 145 cm³/mol. The fraction of sp³-hybridized carbons (Fsp3) is 0.321. The second-order valence-corrected chi connectivity index (χ2v) is 11.0. The van der Waals surface area contributed by atoms with E-state index < -0.39 is 0 Å². The molecule has 3 aromatic carbocycles. The summed E-state index contributed by atoms with van der Waals surface area (Å²) >= 11 is 19.0. The number of nitrogens with zero attached hydrogens (tertiary/aromatic N) is 2. The van der Waals surface area contributed by atoms with Crippen molar-refractivity contribution in [1.82, 2.24) is 10.2 Å². The quantitative estimate of drug-likeness (QED) is 0.377. The third-order valence-electron chi connectivity index (χ3n) is 7.04. The summed E-state index contributed by atoms with van der Waals surface area (Å²) in [7, 11) is 0. The van der Waals surface area contributed by atoms with Gasteiger partial charge in [0, 0.05) is 35.2 Å². The van der Waals surface area contributed by atoms with Crippen molar-refractivity contribution in [1.29, 1.82) is 0 Å². The molecule has 1 saturated carbocycles. The molecule has 2 atom stereocenters. The van der Waals surface area contributed by atoms with Gasteiger partial charge in [-0.25, -0.2) is 0 Å². The van der Waals surface area contributed by atoms with E-state index in [4.69, 9.17) is 34.8 Å². The minimum absolute atomic E-state index is 0.0183. The lowest BCUT2D eigenvalue weighted by Crippen LogP contribution is -2.54. The lowest BCUT2D eigenvalue weighted by Gasteiger charge is -2.44. The molecule has 2 aliphatic rings. The number of amides is 1. The molecule has 35 heavy (non-hydrogen) atoms. The zero-order valence-electron chi connectivity index (χ0n) is 19.6. The summed E-state index contributed by atoms with van der Waals surface area (Å²) in [5.41, 5.74) is 3.00. The van der Waals surface area contributed by atoms with Crippen LogP contribution in [-0.4, -0.2) is 36.0 Å². The fourth-order valence-electron chi connectivity index (χ4n) is 4.75. The molecule has 0 bridgehead atoms. The van der Waals surface area contributed by atoms with Gasteiger partial charge in [-0.1, -0.05) is 77.3 Å². The molecule has 0 spiro atoms. The Labute approximate surface area is 221 Å². The van der Waals surface area contributed by atoms with E-state index in [1.165, 1.54) is 0 Å². The Morgan fingerprint density at radius 3 is 2.29 bits per heavy atom. The Kier molecular flexibility index (Phi) is 7.00.